The highest BCUT2D eigenvalue weighted by Gasteiger charge is 2.20. The van der Waals surface area contributed by atoms with E-state index in [2.05, 4.69) is 15.3 Å². The molecule has 0 fully saturated rings. The molecule has 2 aromatic heterocycles. The second-order valence-corrected chi connectivity index (χ2v) is 7.00. The lowest BCUT2D eigenvalue weighted by atomic mass is 10.1. The predicted octanol–water partition coefficient (Wildman–Crippen LogP) is 3.49. The van der Waals surface area contributed by atoms with Crippen LogP contribution in [0.25, 0.3) is 11.6 Å². The van der Waals surface area contributed by atoms with Crippen molar-refractivity contribution in [2.45, 2.75) is 18.5 Å². The zero-order chi connectivity index (χ0) is 21.7. The van der Waals surface area contributed by atoms with Gasteiger partial charge in [-0.05, 0) is 43.0 Å². The van der Waals surface area contributed by atoms with Gasteiger partial charge in [-0.1, -0.05) is 6.07 Å². The molecule has 0 aliphatic rings. The molecule has 1 amide bonds. The second-order valence-electron chi connectivity index (χ2n) is 6.20. The maximum Gasteiger partial charge on any atom is 0.341 e. The fourth-order valence-corrected chi connectivity index (χ4v) is 3.50. The molecule has 156 valence electrons. The molecule has 0 atom stereocenters. The standard InChI is InChI=1S/C21H21N3O5S/c1-12-17(20(30-4)24-18(23-12)16-6-5-9-29-16)19(25)22-11-13-7-8-15(27-2)14(10-13)21(26)28-3/h5-10H,11H2,1-4H3,(H,22,25). The lowest BCUT2D eigenvalue weighted by Gasteiger charge is -2.13. The largest absolute Gasteiger partial charge is 0.496 e. The monoisotopic (exact) mass is 427 g/mol. The normalized spacial score (nSPS) is 10.5. The average molecular weight is 427 g/mol. The maximum absolute atomic E-state index is 12.9. The van der Waals surface area contributed by atoms with Gasteiger partial charge in [0.15, 0.2) is 11.6 Å². The van der Waals surface area contributed by atoms with E-state index < -0.39 is 5.97 Å². The van der Waals surface area contributed by atoms with Crippen molar-refractivity contribution < 1.29 is 23.5 Å². The number of aromatic nitrogens is 2. The van der Waals surface area contributed by atoms with E-state index in [0.717, 1.165) is 5.56 Å². The summed E-state index contributed by atoms with van der Waals surface area (Å²) in [6, 6.07) is 8.58. The number of esters is 1. The summed E-state index contributed by atoms with van der Waals surface area (Å²) in [4.78, 5) is 33.7. The van der Waals surface area contributed by atoms with Crippen LogP contribution < -0.4 is 10.1 Å². The number of rotatable bonds is 7. The van der Waals surface area contributed by atoms with Crippen molar-refractivity contribution in [3.63, 3.8) is 0 Å². The number of amides is 1. The van der Waals surface area contributed by atoms with Crippen LogP contribution in [0.4, 0.5) is 0 Å². The van der Waals surface area contributed by atoms with Gasteiger partial charge in [-0.3, -0.25) is 4.79 Å². The molecular formula is C21H21N3O5S. The molecule has 3 rings (SSSR count). The molecule has 0 unspecified atom stereocenters. The number of furan rings is 1. The first-order chi connectivity index (χ1) is 14.5. The minimum absolute atomic E-state index is 0.208. The SMILES string of the molecule is COC(=O)c1cc(CNC(=O)c2c(C)nc(-c3ccco3)nc2SC)ccc1OC. The molecule has 30 heavy (non-hydrogen) atoms. The number of thioether (sulfide) groups is 1. The Labute approximate surface area is 178 Å². The smallest absolute Gasteiger partial charge is 0.341 e. The minimum Gasteiger partial charge on any atom is -0.496 e. The minimum atomic E-state index is -0.512. The van der Waals surface area contributed by atoms with Crippen LogP contribution in [-0.2, 0) is 11.3 Å². The van der Waals surface area contributed by atoms with Gasteiger partial charge in [-0.2, -0.15) is 0 Å². The van der Waals surface area contributed by atoms with Gasteiger partial charge in [-0.25, -0.2) is 14.8 Å². The van der Waals surface area contributed by atoms with Crippen LogP contribution in [0, 0.1) is 6.92 Å². The Bertz CT molecular complexity index is 1070. The van der Waals surface area contributed by atoms with Crippen molar-refractivity contribution in [2.24, 2.45) is 0 Å². The summed E-state index contributed by atoms with van der Waals surface area (Å²) >= 11 is 1.35. The molecule has 0 saturated heterocycles. The van der Waals surface area contributed by atoms with Crippen LogP contribution in [0.5, 0.6) is 5.75 Å². The number of nitrogens with zero attached hydrogens (tertiary/aromatic N) is 2. The van der Waals surface area contributed by atoms with Crippen molar-refractivity contribution in [3.8, 4) is 17.3 Å². The highest BCUT2D eigenvalue weighted by atomic mass is 32.2. The van der Waals surface area contributed by atoms with Crippen molar-refractivity contribution in [1.82, 2.24) is 15.3 Å². The van der Waals surface area contributed by atoms with Gasteiger partial charge in [0.1, 0.15) is 16.3 Å². The van der Waals surface area contributed by atoms with E-state index in [1.807, 2.05) is 6.26 Å². The molecule has 0 saturated carbocycles. The summed E-state index contributed by atoms with van der Waals surface area (Å²) in [5.74, 6) is 0.547. The molecule has 0 aliphatic carbocycles. The van der Waals surface area contributed by atoms with Gasteiger partial charge in [-0.15, -0.1) is 11.8 Å². The van der Waals surface area contributed by atoms with E-state index >= 15 is 0 Å². The number of carbonyl (C=O) groups excluding carboxylic acids is 2. The molecule has 1 aromatic carbocycles. The first-order valence-corrected chi connectivity index (χ1v) is 10.2. The van der Waals surface area contributed by atoms with Crippen molar-refractivity contribution >= 4 is 23.6 Å². The Hall–Kier alpha value is -3.33. The number of carbonyl (C=O) groups is 2. The quantitative estimate of drug-likeness (QED) is 0.347. The van der Waals surface area contributed by atoms with E-state index in [1.165, 1.54) is 26.0 Å². The van der Waals surface area contributed by atoms with Gasteiger partial charge in [0.2, 0.25) is 0 Å². The number of hydrogen-bond donors (Lipinski definition) is 1. The molecule has 0 radical (unpaired) electrons. The predicted molar refractivity (Wildman–Crippen MR) is 112 cm³/mol. The summed E-state index contributed by atoms with van der Waals surface area (Å²) in [5, 5.41) is 3.41. The van der Waals surface area contributed by atoms with Crippen molar-refractivity contribution in [2.75, 3.05) is 20.5 Å². The van der Waals surface area contributed by atoms with Crippen LogP contribution >= 0.6 is 11.8 Å². The molecule has 8 nitrogen and oxygen atoms in total. The van der Waals surface area contributed by atoms with Crippen molar-refractivity contribution in [1.29, 1.82) is 0 Å². The van der Waals surface area contributed by atoms with E-state index in [9.17, 15) is 9.59 Å². The van der Waals surface area contributed by atoms with Crippen LogP contribution in [0.3, 0.4) is 0 Å². The number of benzene rings is 1. The van der Waals surface area contributed by atoms with Gasteiger partial charge >= 0.3 is 5.97 Å². The summed E-state index contributed by atoms with van der Waals surface area (Å²) < 4.78 is 15.3. The summed E-state index contributed by atoms with van der Waals surface area (Å²) in [6.07, 6.45) is 3.39. The number of hydrogen-bond acceptors (Lipinski definition) is 8. The van der Waals surface area contributed by atoms with E-state index in [1.54, 1.807) is 43.5 Å². The lowest BCUT2D eigenvalue weighted by Crippen LogP contribution is -2.25. The molecule has 2 heterocycles. The Morgan fingerprint density at radius 2 is 2.00 bits per heavy atom. The Morgan fingerprint density at radius 3 is 2.63 bits per heavy atom. The molecule has 0 bridgehead atoms. The third-order valence-corrected chi connectivity index (χ3v) is 5.02. The zero-order valence-corrected chi connectivity index (χ0v) is 17.8. The molecule has 3 aromatic rings. The lowest BCUT2D eigenvalue weighted by molar-refractivity contribution is 0.0597. The Balaban J connectivity index is 1.82. The molecular weight excluding hydrogens is 406 g/mol. The van der Waals surface area contributed by atoms with Crippen molar-refractivity contribution in [3.05, 3.63) is 59.0 Å². The van der Waals surface area contributed by atoms with Gasteiger partial charge in [0, 0.05) is 6.54 Å². The fraction of sp³-hybridized carbons (Fsp3) is 0.238. The highest BCUT2D eigenvalue weighted by Crippen LogP contribution is 2.25. The molecule has 9 heteroatoms. The topological polar surface area (TPSA) is 104 Å². The average Bonchev–Trinajstić information content (AvgIpc) is 3.31. The van der Waals surface area contributed by atoms with Crippen LogP contribution in [0.15, 0.2) is 46.0 Å². The maximum atomic E-state index is 12.9. The second kappa shape index (κ2) is 9.45. The first kappa shape index (κ1) is 21.4. The molecule has 0 spiro atoms. The highest BCUT2D eigenvalue weighted by molar-refractivity contribution is 7.98. The number of methoxy groups -OCH3 is 2. The van der Waals surface area contributed by atoms with E-state index in [-0.39, 0.29) is 12.5 Å². The third kappa shape index (κ3) is 4.46. The molecule has 1 N–H and O–H groups in total. The fourth-order valence-electron chi connectivity index (χ4n) is 2.88. The summed E-state index contributed by atoms with van der Waals surface area (Å²) in [6.45, 7) is 1.96. The Morgan fingerprint density at radius 1 is 1.20 bits per heavy atom. The van der Waals surface area contributed by atoms with Crippen LogP contribution in [-0.4, -0.2) is 42.3 Å². The summed E-state index contributed by atoms with van der Waals surface area (Å²) in [7, 11) is 2.78. The number of nitrogens with one attached hydrogen (secondary N) is 1. The van der Waals surface area contributed by atoms with E-state index in [0.29, 0.717) is 39.2 Å². The zero-order valence-electron chi connectivity index (χ0n) is 17.0. The van der Waals surface area contributed by atoms with Crippen LogP contribution in [0.1, 0.15) is 32.0 Å². The van der Waals surface area contributed by atoms with Gasteiger partial charge < -0.3 is 19.2 Å². The third-order valence-electron chi connectivity index (χ3n) is 4.34. The summed E-state index contributed by atoms with van der Waals surface area (Å²) in [5.41, 5.74) is 1.96. The van der Waals surface area contributed by atoms with E-state index in [4.69, 9.17) is 13.9 Å². The number of aryl methyl sites for hydroxylation is 1. The van der Waals surface area contributed by atoms with Gasteiger partial charge in [0.05, 0.1) is 31.7 Å². The molecule has 0 aliphatic heterocycles. The van der Waals surface area contributed by atoms with Crippen LogP contribution in [0.2, 0.25) is 0 Å². The van der Waals surface area contributed by atoms with Gasteiger partial charge in [0.25, 0.3) is 5.91 Å². The first-order valence-electron chi connectivity index (χ1n) is 8.98. The number of ether oxygens (including phenoxy) is 2. The Kier molecular flexibility index (Phi) is 6.73.